The van der Waals surface area contributed by atoms with E-state index in [1.54, 1.807) is 13.1 Å². The molecule has 0 aliphatic rings. The highest BCUT2D eigenvalue weighted by Crippen LogP contribution is 2.22. The first kappa shape index (κ1) is 11.7. The molecule has 0 radical (unpaired) electrons. The van der Waals surface area contributed by atoms with Crippen LogP contribution in [0.1, 0.15) is 0 Å². The van der Waals surface area contributed by atoms with Crippen LogP contribution in [0.25, 0.3) is 33.5 Å². The number of fused-ring (bicyclic) bond motifs is 2. The Labute approximate surface area is 118 Å². The Morgan fingerprint density at radius 2 is 2.14 bits per heavy atom. The predicted octanol–water partition coefficient (Wildman–Crippen LogP) is 1.04. The van der Waals surface area contributed by atoms with E-state index in [0.29, 0.717) is 11.4 Å². The van der Waals surface area contributed by atoms with Gasteiger partial charge < -0.3 is 15.2 Å². The first-order valence-corrected chi connectivity index (χ1v) is 6.39. The summed E-state index contributed by atoms with van der Waals surface area (Å²) in [4.78, 5) is 22.0. The smallest absolute Gasteiger partial charge is 0.326 e. The normalized spacial score (nSPS) is 11.5. The number of pyridine rings is 1. The molecule has 0 saturated carbocycles. The molecular weight excluding hydrogens is 270 g/mol. The van der Waals surface area contributed by atoms with Gasteiger partial charge in [-0.1, -0.05) is 0 Å². The number of rotatable bonds is 1. The Morgan fingerprint density at radius 3 is 2.95 bits per heavy atom. The maximum Gasteiger partial charge on any atom is 0.326 e. The second-order valence-electron chi connectivity index (χ2n) is 4.91. The summed E-state index contributed by atoms with van der Waals surface area (Å²) in [5, 5.41) is 11.3. The van der Waals surface area contributed by atoms with Crippen molar-refractivity contribution in [3.8, 4) is 11.4 Å². The molecule has 0 amide bonds. The van der Waals surface area contributed by atoms with Crippen molar-refractivity contribution in [3.63, 3.8) is 0 Å². The summed E-state index contributed by atoms with van der Waals surface area (Å²) in [5.41, 5.74) is 3.64. The van der Waals surface area contributed by atoms with Crippen LogP contribution < -0.4 is 10.4 Å². The largest absolute Gasteiger partial charge is 0.619 e. The molecule has 0 bridgehead atoms. The van der Waals surface area contributed by atoms with Crippen LogP contribution in [-0.2, 0) is 7.05 Å². The van der Waals surface area contributed by atoms with Crippen molar-refractivity contribution in [2.75, 3.05) is 0 Å². The zero-order valence-corrected chi connectivity index (χ0v) is 11.1. The number of aromatic nitrogens is 5. The van der Waals surface area contributed by atoms with Crippen molar-refractivity contribution < 1.29 is 4.73 Å². The number of hydrogen-bond acceptors (Lipinski definition) is 3. The Balaban J connectivity index is 1.98. The van der Waals surface area contributed by atoms with E-state index in [0.717, 1.165) is 26.8 Å². The van der Waals surface area contributed by atoms with Gasteiger partial charge in [0.05, 0.1) is 27.6 Å². The number of hydrogen-bond donors (Lipinski definition) is 2. The average Bonchev–Trinajstić information content (AvgIpc) is 2.99. The van der Waals surface area contributed by atoms with Crippen molar-refractivity contribution in [2.45, 2.75) is 0 Å². The second kappa shape index (κ2) is 3.95. The molecule has 7 heteroatoms. The monoisotopic (exact) mass is 281 g/mol. The molecule has 104 valence electrons. The number of H-pyrrole nitrogens is 2. The highest BCUT2D eigenvalue weighted by molar-refractivity contribution is 5.92. The van der Waals surface area contributed by atoms with Gasteiger partial charge in [0.1, 0.15) is 5.82 Å². The van der Waals surface area contributed by atoms with Crippen LogP contribution in [0.3, 0.4) is 0 Å². The molecule has 0 aliphatic heterocycles. The molecule has 0 atom stereocenters. The van der Waals surface area contributed by atoms with E-state index in [1.165, 1.54) is 17.0 Å². The molecule has 21 heavy (non-hydrogen) atoms. The van der Waals surface area contributed by atoms with Gasteiger partial charge >= 0.3 is 5.69 Å². The van der Waals surface area contributed by atoms with Crippen LogP contribution in [0.15, 0.2) is 41.5 Å². The molecule has 0 unspecified atom stereocenters. The van der Waals surface area contributed by atoms with Gasteiger partial charge in [0.2, 0.25) is 0 Å². The Hall–Kier alpha value is -3.09. The van der Waals surface area contributed by atoms with Crippen LogP contribution in [0, 0.1) is 5.21 Å². The fourth-order valence-corrected chi connectivity index (χ4v) is 2.46. The number of benzene rings is 1. The fourth-order valence-electron chi connectivity index (χ4n) is 2.46. The van der Waals surface area contributed by atoms with Gasteiger partial charge in [0.25, 0.3) is 0 Å². The van der Waals surface area contributed by atoms with Crippen molar-refractivity contribution in [1.82, 2.24) is 19.5 Å². The zero-order chi connectivity index (χ0) is 14.6. The van der Waals surface area contributed by atoms with Gasteiger partial charge in [-0.3, -0.25) is 4.57 Å². The van der Waals surface area contributed by atoms with Crippen molar-refractivity contribution in [2.24, 2.45) is 7.05 Å². The van der Waals surface area contributed by atoms with Gasteiger partial charge in [0, 0.05) is 13.1 Å². The second-order valence-corrected chi connectivity index (χ2v) is 4.91. The molecule has 3 aromatic heterocycles. The van der Waals surface area contributed by atoms with E-state index in [-0.39, 0.29) is 5.69 Å². The lowest BCUT2D eigenvalue weighted by Gasteiger charge is -1.96. The fraction of sp³-hybridized carbons (Fsp3) is 0.0714. The minimum atomic E-state index is -0.159. The van der Waals surface area contributed by atoms with E-state index in [4.69, 9.17) is 0 Å². The molecule has 4 rings (SSSR count). The van der Waals surface area contributed by atoms with Crippen molar-refractivity contribution >= 4 is 22.1 Å². The van der Waals surface area contributed by atoms with E-state index < -0.39 is 0 Å². The minimum absolute atomic E-state index is 0.159. The van der Waals surface area contributed by atoms with Gasteiger partial charge in [-0.15, -0.1) is 0 Å². The number of nitrogens with zero attached hydrogens (tertiary/aromatic N) is 3. The van der Waals surface area contributed by atoms with Crippen molar-refractivity contribution in [1.29, 1.82) is 0 Å². The molecule has 0 saturated heterocycles. The van der Waals surface area contributed by atoms with Gasteiger partial charge in [0.15, 0.2) is 12.4 Å². The number of aromatic amines is 2. The third-order valence-electron chi connectivity index (χ3n) is 3.56. The predicted molar refractivity (Wildman–Crippen MR) is 77.6 cm³/mol. The van der Waals surface area contributed by atoms with Gasteiger partial charge in [-0.2, -0.15) is 4.73 Å². The van der Waals surface area contributed by atoms with Crippen molar-refractivity contribution in [3.05, 3.63) is 52.4 Å². The average molecular weight is 281 g/mol. The van der Waals surface area contributed by atoms with Crippen LogP contribution in [0.2, 0.25) is 0 Å². The summed E-state index contributed by atoms with van der Waals surface area (Å²) in [6, 6.07) is 7.17. The summed E-state index contributed by atoms with van der Waals surface area (Å²) in [6.07, 6.45) is 2.88. The van der Waals surface area contributed by atoms with Crippen LogP contribution in [0.4, 0.5) is 0 Å². The topological polar surface area (TPSA) is 93.4 Å². The third-order valence-corrected chi connectivity index (χ3v) is 3.56. The Morgan fingerprint density at radius 1 is 1.29 bits per heavy atom. The maximum atomic E-state index is 11.6. The summed E-state index contributed by atoms with van der Waals surface area (Å²) in [7, 11) is 1.71. The van der Waals surface area contributed by atoms with Gasteiger partial charge in [-0.25, -0.2) is 9.78 Å². The molecule has 0 spiro atoms. The van der Waals surface area contributed by atoms with E-state index >= 15 is 0 Å². The van der Waals surface area contributed by atoms with Crippen LogP contribution in [0.5, 0.6) is 0 Å². The summed E-state index contributed by atoms with van der Waals surface area (Å²) >= 11 is 0. The van der Waals surface area contributed by atoms with Gasteiger partial charge in [-0.05, 0) is 18.2 Å². The Kier molecular flexibility index (Phi) is 2.20. The minimum Gasteiger partial charge on any atom is -0.619 e. The quantitative estimate of drug-likeness (QED) is 0.403. The lowest BCUT2D eigenvalue weighted by molar-refractivity contribution is -0.604. The molecular formula is C14H11N5O2. The summed E-state index contributed by atoms with van der Waals surface area (Å²) < 4.78 is 2.27. The molecule has 0 fully saturated rings. The molecule has 3 heterocycles. The SMILES string of the molecule is Cn1c(=O)[nH]c2cc3[nH]c(-c4ccc[n+]([O-])c4)nc3cc21. The number of aryl methyl sites for hydroxylation is 1. The van der Waals surface area contributed by atoms with E-state index in [2.05, 4.69) is 15.0 Å². The lowest BCUT2D eigenvalue weighted by Crippen LogP contribution is -2.24. The molecule has 2 N–H and O–H groups in total. The van der Waals surface area contributed by atoms with Crippen LogP contribution in [-0.4, -0.2) is 19.5 Å². The highest BCUT2D eigenvalue weighted by Gasteiger charge is 2.11. The zero-order valence-electron chi connectivity index (χ0n) is 11.1. The van der Waals surface area contributed by atoms with Crippen LogP contribution >= 0.6 is 0 Å². The summed E-state index contributed by atoms with van der Waals surface area (Å²) in [6.45, 7) is 0. The van der Waals surface area contributed by atoms with E-state index in [1.807, 2.05) is 18.2 Å². The first-order chi connectivity index (χ1) is 10.1. The standard InChI is InChI=1S/C14H11N5O2/c1-18-12-6-10-9(5-11(12)17-14(18)20)15-13(16-10)8-3-2-4-19(21)7-8/h2-7H,1H3,(H,15,16)(H,17,20). The molecule has 4 aromatic rings. The number of imidazole rings is 2. The first-order valence-electron chi connectivity index (χ1n) is 6.39. The number of nitrogens with one attached hydrogen (secondary N) is 2. The molecule has 0 aliphatic carbocycles. The lowest BCUT2D eigenvalue weighted by atomic mass is 10.3. The molecule has 7 nitrogen and oxygen atoms in total. The highest BCUT2D eigenvalue weighted by atomic mass is 16.5. The van der Waals surface area contributed by atoms with E-state index in [9.17, 15) is 10.0 Å². The third kappa shape index (κ3) is 1.71. The molecule has 1 aromatic carbocycles. The Bertz CT molecular complexity index is 1040. The maximum absolute atomic E-state index is 11.6. The summed E-state index contributed by atoms with van der Waals surface area (Å²) in [5.74, 6) is 0.618.